The zero-order valence-corrected chi connectivity index (χ0v) is 12.8. The number of ether oxygens (including phenoxy) is 1. The predicted molar refractivity (Wildman–Crippen MR) is 82.6 cm³/mol. The molecule has 0 fully saturated rings. The highest BCUT2D eigenvalue weighted by Crippen LogP contribution is 2.13. The van der Waals surface area contributed by atoms with E-state index in [2.05, 4.69) is 15.5 Å². The Labute approximate surface area is 128 Å². The van der Waals surface area contributed by atoms with Crippen molar-refractivity contribution in [1.29, 1.82) is 0 Å². The zero-order valence-electron chi connectivity index (χ0n) is 12.8. The second kappa shape index (κ2) is 6.89. The quantitative estimate of drug-likeness (QED) is 0.832. The molecular formula is C16H19N3O3. The van der Waals surface area contributed by atoms with Gasteiger partial charge in [0.05, 0.1) is 0 Å². The van der Waals surface area contributed by atoms with Gasteiger partial charge in [0.15, 0.2) is 11.8 Å². The Morgan fingerprint density at radius 3 is 2.45 bits per heavy atom. The second-order valence-electron chi connectivity index (χ2n) is 5.27. The maximum Gasteiger partial charge on any atom is 0.359 e. The van der Waals surface area contributed by atoms with Gasteiger partial charge in [0.2, 0.25) is 0 Å². The molecule has 22 heavy (non-hydrogen) atoms. The Morgan fingerprint density at radius 2 is 1.86 bits per heavy atom. The average Bonchev–Trinajstić information content (AvgIpc) is 2.98. The standard InChI is InChI=1S/C16H19N3O3/c1-10(2)13-9-14(19-18-13)16(21)22-11(3)15(20)17-12-7-5-4-6-8-12/h4-11H,1-3H3,(H,17,20)(H,18,19). The molecule has 1 atom stereocenters. The van der Waals surface area contributed by atoms with Crippen molar-refractivity contribution in [2.75, 3.05) is 5.32 Å². The monoisotopic (exact) mass is 301 g/mol. The topological polar surface area (TPSA) is 84.1 Å². The van der Waals surface area contributed by atoms with Crippen LogP contribution >= 0.6 is 0 Å². The molecule has 1 heterocycles. The number of carbonyl (C=O) groups is 2. The molecule has 1 unspecified atom stereocenters. The Bertz CT molecular complexity index is 650. The van der Waals surface area contributed by atoms with Crippen LogP contribution in [0.1, 0.15) is 42.9 Å². The van der Waals surface area contributed by atoms with Gasteiger partial charge in [-0.15, -0.1) is 0 Å². The van der Waals surface area contributed by atoms with E-state index in [1.807, 2.05) is 32.0 Å². The van der Waals surface area contributed by atoms with Crippen LogP contribution < -0.4 is 5.32 Å². The van der Waals surface area contributed by atoms with Crippen LogP contribution in [-0.4, -0.2) is 28.2 Å². The molecule has 0 aliphatic heterocycles. The van der Waals surface area contributed by atoms with E-state index >= 15 is 0 Å². The maximum atomic E-state index is 12.0. The second-order valence-corrected chi connectivity index (χ2v) is 5.27. The molecule has 0 bridgehead atoms. The number of nitrogens with zero attached hydrogens (tertiary/aromatic N) is 1. The Kier molecular flexibility index (Phi) is 4.93. The molecule has 6 nitrogen and oxygen atoms in total. The minimum Gasteiger partial charge on any atom is -0.448 e. The van der Waals surface area contributed by atoms with Crippen molar-refractivity contribution in [3.8, 4) is 0 Å². The number of H-pyrrole nitrogens is 1. The van der Waals surface area contributed by atoms with Crippen LogP contribution in [0.15, 0.2) is 36.4 Å². The molecule has 0 aliphatic rings. The fourth-order valence-corrected chi connectivity index (χ4v) is 1.78. The van der Waals surface area contributed by atoms with Crippen LogP contribution in [0.25, 0.3) is 0 Å². The van der Waals surface area contributed by atoms with Crippen molar-refractivity contribution >= 4 is 17.6 Å². The van der Waals surface area contributed by atoms with E-state index in [9.17, 15) is 9.59 Å². The highest BCUT2D eigenvalue weighted by Gasteiger charge is 2.21. The summed E-state index contributed by atoms with van der Waals surface area (Å²) in [6.45, 7) is 5.49. The van der Waals surface area contributed by atoms with Gasteiger partial charge in [-0.1, -0.05) is 32.0 Å². The SMILES string of the molecule is CC(OC(=O)c1cc(C(C)C)[nH]n1)C(=O)Nc1ccccc1. The molecule has 6 heteroatoms. The largest absolute Gasteiger partial charge is 0.448 e. The molecule has 0 radical (unpaired) electrons. The molecule has 2 aromatic rings. The number of aromatic amines is 1. The van der Waals surface area contributed by atoms with Crippen molar-refractivity contribution < 1.29 is 14.3 Å². The molecule has 1 aromatic heterocycles. The number of amides is 1. The summed E-state index contributed by atoms with van der Waals surface area (Å²) in [5, 5.41) is 9.36. The molecule has 1 aromatic carbocycles. The van der Waals surface area contributed by atoms with E-state index in [1.165, 1.54) is 6.92 Å². The van der Waals surface area contributed by atoms with Crippen molar-refractivity contribution in [2.45, 2.75) is 32.8 Å². The fraction of sp³-hybridized carbons (Fsp3) is 0.312. The summed E-state index contributed by atoms with van der Waals surface area (Å²) in [6.07, 6.45) is -0.910. The van der Waals surface area contributed by atoms with Crippen LogP contribution in [0.2, 0.25) is 0 Å². The molecule has 0 spiro atoms. The van der Waals surface area contributed by atoms with Crippen LogP contribution in [0.3, 0.4) is 0 Å². The van der Waals surface area contributed by atoms with Crippen molar-refractivity contribution in [1.82, 2.24) is 10.2 Å². The minimum absolute atomic E-state index is 0.170. The van der Waals surface area contributed by atoms with E-state index in [4.69, 9.17) is 4.74 Å². The highest BCUT2D eigenvalue weighted by atomic mass is 16.5. The summed E-state index contributed by atoms with van der Waals surface area (Å²) in [7, 11) is 0. The lowest BCUT2D eigenvalue weighted by molar-refractivity contribution is -0.123. The van der Waals surface area contributed by atoms with E-state index in [-0.39, 0.29) is 17.5 Å². The first-order valence-electron chi connectivity index (χ1n) is 7.09. The van der Waals surface area contributed by atoms with Gasteiger partial charge in [0.1, 0.15) is 0 Å². The lowest BCUT2D eigenvalue weighted by Crippen LogP contribution is -2.30. The summed E-state index contributed by atoms with van der Waals surface area (Å²) in [6, 6.07) is 10.6. The number of hydrogen-bond acceptors (Lipinski definition) is 4. The minimum atomic E-state index is -0.910. The smallest absolute Gasteiger partial charge is 0.359 e. The van der Waals surface area contributed by atoms with Crippen molar-refractivity contribution in [3.05, 3.63) is 47.8 Å². The molecular weight excluding hydrogens is 282 g/mol. The summed E-state index contributed by atoms with van der Waals surface area (Å²) in [5.41, 5.74) is 1.66. The summed E-state index contributed by atoms with van der Waals surface area (Å²) < 4.78 is 5.13. The number of carbonyl (C=O) groups excluding carboxylic acids is 2. The van der Waals surface area contributed by atoms with Gasteiger partial charge < -0.3 is 10.1 Å². The van der Waals surface area contributed by atoms with Gasteiger partial charge >= 0.3 is 5.97 Å². The highest BCUT2D eigenvalue weighted by molar-refractivity contribution is 5.96. The van der Waals surface area contributed by atoms with Gasteiger partial charge in [-0.25, -0.2) is 4.79 Å². The number of anilines is 1. The van der Waals surface area contributed by atoms with Crippen molar-refractivity contribution in [2.24, 2.45) is 0 Å². The van der Waals surface area contributed by atoms with Crippen LogP contribution in [-0.2, 0) is 9.53 Å². The first-order chi connectivity index (χ1) is 10.5. The molecule has 1 amide bonds. The lowest BCUT2D eigenvalue weighted by Gasteiger charge is -2.12. The van der Waals surface area contributed by atoms with E-state index in [0.717, 1.165) is 5.69 Å². The molecule has 0 saturated carbocycles. The van der Waals surface area contributed by atoms with Gasteiger partial charge in [0.25, 0.3) is 5.91 Å². The Morgan fingerprint density at radius 1 is 1.18 bits per heavy atom. The lowest BCUT2D eigenvalue weighted by atomic mass is 10.1. The van der Waals surface area contributed by atoms with Gasteiger partial charge in [-0.2, -0.15) is 5.10 Å². The van der Waals surface area contributed by atoms with Crippen LogP contribution in [0, 0.1) is 0 Å². The molecule has 2 N–H and O–H groups in total. The summed E-state index contributed by atoms with van der Waals surface area (Å²) >= 11 is 0. The molecule has 0 saturated heterocycles. The third kappa shape index (κ3) is 3.94. The number of para-hydroxylation sites is 1. The van der Waals surface area contributed by atoms with Crippen LogP contribution in [0.4, 0.5) is 5.69 Å². The van der Waals surface area contributed by atoms with E-state index < -0.39 is 12.1 Å². The van der Waals surface area contributed by atoms with Gasteiger partial charge in [-0.05, 0) is 31.0 Å². The first-order valence-corrected chi connectivity index (χ1v) is 7.09. The number of rotatable bonds is 5. The number of hydrogen-bond donors (Lipinski definition) is 2. The van der Waals surface area contributed by atoms with E-state index in [1.54, 1.807) is 18.2 Å². The van der Waals surface area contributed by atoms with E-state index in [0.29, 0.717) is 5.69 Å². The third-order valence-electron chi connectivity index (χ3n) is 3.12. The Hall–Kier alpha value is -2.63. The normalized spacial score (nSPS) is 12.0. The predicted octanol–water partition coefficient (Wildman–Crippen LogP) is 2.72. The number of nitrogens with one attached hydrogen (secondary N) is 2. The zero-order chi connectivity index (χ0) is 16.1. The summed E-state index contributed by atoms with van der Waals surface area (Å²) in [4.78, 5) is 23.9. The molecule has 116 valence electrons. The van der Waals surface area contributed by atoms with Crippen molar-refractivity contribution in [3.63, 3.8) is 0 Å². The van der Waals surface area contributed by atoms with Gasteiger partial charge in [-0.3, -0.25) is 9.89 Å². The summed E-state index contributed by atoms with van der Waals surface area (Å²) in [5.74, 6) is -0.786. The first kappa shape index (κ1) is 15.8. The molecule has 2 rings (SSSR count). The third-order valence-corrected chi connectivity index (χ3v) is 3.12. The maximum absolute atomic E-state index is 12.0. The average molecular weight is 301 g/mol. The fourth-order valence-electron chi connectivity index (χ4n) is 1.78. The Balaban J connectivity index is 1.94. The van der Waals surface area contributed by atoms with Crippen LogP contribution in [0.5, 0.6) is 0 Å². The number of esters is 1. The number of benzene rings is 1. The molecule has 0 aliphatic carbocycles. The number of aromatic nitrogens is 2. The van der Waals surface area contributed by atoms with Gasteiger partial charge in [0, 0.05) is 11.4 Å².